The third kappa shape index (κ3) is 4.49. The average molecular weight is 432 g/mol. The van der Waals surface area contributed by atoms with Crippen molar-refractivity contribution < 1.29 is 13.2 Å². The van der Waals surface area contributed by atoms with Crippen LogP contribution in [0.5, 0.6) is 0 Å². The third-order valence-electron chi connectivity index (χ3n) is 4.76. The number of thiazole rings is 1. The summed E-state index contributed by atoms with van der Waals surface area (Å²) < 4.78 is 30.0. The molecule has 0 aliphatic rings. The molecule has 154 valence electrons. The predicted octanol–water partition coefficient (Wildman–Crippen LogP) is 3.79. The first-order valence-corrected chi connectivity index (χ1v) is 11.9. The smallest absolute Gasteiger partial charge is 0.279 e. The summed E-state index contributed by atoms with van der Waals surface area (Å²) in [5, 5.41) is 0. The van der Waals surface area contributed by atoms with E-state index in [9.17, 15) is 13.2 Å². The Kier molecular flexibility index (Phi) is 6.66. The Morgan fingerprint density at radius 1 is 1.10 bits per heavy atom. The zero-order valence-corrected chi connectivity index (χ0v) is 18.5. The fraction of sp³-hybridized carbons (Fsp3) is 0.333. The van der Waals surface area contributed by atoms with Crippen molar-refractivity contribution in [2.24, 2.45) is 12.0 Å². The van der Waals surface area contributed by atoms with Gasteiger partial charge in [-0.1, -0.05) is 43.7 Å². The van der Waals surface area contributed by atoms with Gasteiger partial charge in [0, 0.05) is 25.7 Å². The minimum Gasteiger partial charge on any atom is -0.319 e. The van der Waals surface area contributed by atoms with Crippen LogP contribution in [-0.2, 0) is 17.1 Å². The highest BCUT2D eigenvalue weighted by Crippen LogP contribution is 2.18. The Morgan fingerprint density at radius 3 is 2.41 bits per heavy atom. The van der Waals surface area contributed by atoms with Crippen molar-refractivity contribution in [3.05, 3.63) is 58.9 Å². The minimum absolute atomic E-state index is 0.194. The van der Waals surface area contributed by atoms with Crippen LogP contribution in [0.1, 0.15) is 37.0 Å². The molecule has 0 saturated heterocycles. The second kappa shape index (κ2) is 9.02. The van der Waals surface area contributed by atoms with E-state index in [1.54, 1.807) is 0 Å². The number of amides is 1. The first kappa shape index (κ1) is 21.4. The summed E-state index contributed by atoms with van der Waals surface area (Å²) in [6.07, 6.45) is 1.74. The quantitative estimate of drug-likeness (QED) is 0.571. The van der Waals surface area contributed by atoms with Crippen LogP contribution in [0.15, 0.2) is 58.4 Å². The number of sulfonamides is 1. The Bertz CT molecular complexity index is 1180. The van der Waals surface area contributed by atoms with Crippen LogP contribution in [0.4, 0.5) is 0 Å². The van der Waals surface area contributed by atoms with Crippen LogP contribution in [0.3, 0.4) is 0 Å². The maximum absolute atomic E-state index is 12.8. The van der Waals surface area contributed by atoms with Gasteiger partial charge >= 0.3 is 0 Å². The molecule has 0 saturated carbocycles. The minimum atomic E-state index is -3.56. The molecule has 2 aromatic carbocycles. The van der Waals surface area contributed by atoms with Gasteiger partial charge in [-0.15, -0.1) is 0 Å². The number of carbonyl (C=O) groups is 1. The number of unbranched alkanes of at least 4 members (excludes halogenated alkanes) is 1. The van der Waals surface area contributed by atoms with Crippen LogP contribution >= 0.6 is 11.3 Å². The molecule has 3 rings (SSSR count). The maximum atomic E-state index is 12.8. The van der Waals surface area contributed by atoms with E-state index in [2.05, 4.69) is 4.99 Å². The molecular weight excluding hydrogens is 406 g/mol. The van der Waals surface area contributed by atoms with Crippen molar-refractivity contribution in [1.82, 2.24) is 8.87 Å². The molecular formula is C21H25N3O3S2. The number of fused-ring (bicyclic) bond motifs is 1. The van der Waals surface area contributed by atoms with Gasteiger partial charge in [0.15, 0.2) is 4.80 Å². The fourth-order valence-electron chi connectivity index (χ4n) is 3.04. The molecule has 8 heteroatoms. The lowest BCUT2D eigenvalue weighted by molar-refractivity contribution is 0.0998. The van der Waals surface area contributed by atoms with Crippen LogP contribution in [0.25, 0.3) is 10.2 Å². The molecule has 1 amide bonds. The summed E-state index contributed by atoms with van der Waals surface area (Å²) in [7, 11) is -1.69. The first-order chi connectivity index (χ1) is 13.9. The number of para-hydroxylation sites is 1. The van der Waals surface area contributed by atoms with Gasteiger partial charge in [0.1, 0.15) is 0 Å². The summed E-state index contributed by atoms with van der Waals surface area (Å²) in [6.45, 7) is 4.77. The Balaban J connectivity index is 1.87. The number of rotatable bonds is 7. The largest absolute Gasteiger partial charge is 0.319 e. The van der Waals surface area contributed by atoms with Gasteiger partial charge in [0.2, 0.25) is 10.0 Å². The van der Waals surface area contributed by atoms with E-state index in [-0.39, 0.29) is 4.90 Å². The number of hydrogen-bond donors (Lipinski definition) is 0. The molecule has 3 aromatic rings. The zero-order chi connectivity index (χ0) is 21.0. The molecule has 6 nitrogen and oxygen atoms in total. The first-order valence-electron chi connectivity index (χ1n) is 9.62. The molecule has 0 atom stereocenters. The van der Waals surface area contributed by atoms with E-state index >= 15 is 0 Å². The van der Waals surface area contributed by atoms with E-state index in [0.29, 0.717) is 23.5 Å². The molecule has 29 heavy (non-hydrogen) atoms. The van der Waals surface area contributed by atoms with Gasteiger partial charge < -0.3 is 4.57 Å². The van der Waals surface area contributed by atoms with E-state index < -0.39 is 15.9 Å². The molecule has 1 aromatic heterocycles. The lowest BCUT2D eigenvalue weighted by Crippen LogP contribution is -2.31. The van der Waals surface area contributed by atoms with Crippen molar-refractivity contribution in [2.45, 2.75) is 31.6 Å². The van der Waals surface area contributed by atoms with Crippen LogP contribution in [-0.4, -0.2) is 36.3 Å². The predicted molar refractivity (Wildman–Crippen MR) is 116 cm³/mol. The van der Waals surface area contributed by atoms with Gasteiger partial charge in [-0.05, 0) is 42.8 Å². The molecule has 0 fully saturated rings. The highest BCUT2D eigenvalue weighted by Gasteiger charge is 2.22. The SMILES string of the molecule is CCCCN(CC)S(=O)(=O)c1ccc(C(=O)N=c2sc3ccccc3n2C)cc1. The van der Waals surface area contributed by atoms with Gasteiger partial charge in [-0.2, -0.15) is 9.30 Å². The van der Waals surface area contributed by atoms with Crippen LogP contribution in [0.2, 0.25) is 0 Å². The van der Waals surface area contributed by atoms with Gasteiger partial charge in [0.05, 0.1) is 15.1 Å². The molecule has 0 unspecified atom stereocenters. The maximum Gasteiger partial charge on any atom is 0.279 e. The van der Waals surface area contributed by atoms with E-state index in [4.69, 9.17) is 0 Å². The van der Waals surface area contributed by atoms with Gasteiger partial charge in [0.25, 0.3) is 5.91 Å². The lowest BCUT2D eigenvalue weighted by atomic mass is 10.2. The van der Waals surface area contributed by atoms with E-state index in [0.717, 1.165) is 23.1 Å². The monoisotopic (exact) mass is 431 g/mol. The fourth-order valence-corrected chi connectivity index (χ4v) is 5.55. The van der Waals surface area contributed by atoms with Crippen LogP contribution in [0, 0.1) is 0 Å². The Morgan fingerprint density at radius 2 is 1.79 bits per heavy atom. The van der Waals surface area contributed by atoms with Crippen molar-refractivity contribution in [3.63, 3.8) is 0 Å². The molecule has 0 bridgehead atoms. The Labute approximate surface area is 175 Å². The topological polar surface area (TPSA) is 71.7 Å². The summed E-state index contributed by atoms with van der Waals surface area (Å²) in [5.74, 6) is -0.394. The normalized spacial score (nSPS) is 12.8. The number of hydrogen-bond acceptors (Lipinski definition) is 4. The average Bonchev–Trinajstić information content (AvgIpc) is 3.04. The summed E-state index contributed by atoms with van der Waals surface area (Å²) in [5.41, 5.74) is 1.37. The summed E-state index contributed by atoms with van der Waals surface area (Å²) in [6, 6.07) is 13.9. The molecule has 0 N–H and O–H groups in total. The number of aryl methyl sites for hydroxylation is 1. The lowest BCUT2D eigenvalue weighted by Gasteiger charge is -2.20. The third-order valence-corrected chi connectivity index (χ3v) is 7.87. The van der Waals surface area contributed by atoms with Gasteiger partial charge in [-0.25, -0.2) is 8.42 Å². The van der Waals surface area contributed by atoms with Crippen LogP contribution < -0.4 is 4.80 Å². The van der Waals surface area contributed by atoms with E-state index in [1.807, 2.05) is 49.7 Å². The number of nitrogens with zero attached hydrogens (tertiary/aromatic N) is 3. The highest BCUT2D eigenvalue weighted by atomic mass is 32.2. The second-order valence-corrected chi connectivity index (χ2v) is 9.65. The number of aromatic nitrogens is 1. The number of carbonyl (C=O) groups excluding carboxylic acids is 1. The van der Waals surface area contributed by atoms with Gasteiger partial charge in [-0.3, -0.25) is 4.79 Å². The Hall–Kier alpha value is -2.29. The highest BCUT2D eigenvalue weighted by molar-refractivity contribution is 7.89. The summed E-state index contributed by atoms with van der Waals surface area (Å²) in [4.78, 5) is 17.6. The number of benzene rings is 2. The molecule has 0 aliphatic heterocycles. The van der Waals surface area contributed by atoms with E-state index in [1.165, 1.54) is 39.9 Å². The molecule has 0 aliphatic carbocycles. The van der Waals surface area contributed by atoms with Crippen molar-refractivity contribution in [3.8, 4) is 0 Å². The second-order valence-electron chi connectivity index (χ2n) is 6.70. The molecule has 1 heterocycles. The van der Waals surface area contributed by atoms with Crippen molar-refractivity contribution in [1.29, 1.82) is 0 Å². The van der Waals surface area contributed by atoms with Crippen molar-refractivity contribution >= 4 is 37.5 Å². The summed E-state index contributed by atoms with van der Waals surface area (Å²) >= 11 is 1.44. The molecule has 0 spiro atoms. The zero-order valence-electron chi connectivity index (χ0n) is 16.8. The standard InChI is InChI=1S/C21H25N3O3S2/c1-4-6-15-24(5-2)29(26,27)17-13-11-16(12-14-17)20(25)22-21-23(3)18-9-7-8-10-19(18)28-21/h7-14H,4-6,15H2,1-3H3. The van der Waals surface area contributed by atoms with Crippen molar-refractivity contribution in [2.75, 3.05) is 13.1 Å². The molecule has 0 radical (unpaired) electrons.